The minimum atomic E-state index is -3.49. The summed E-state index contributed by atoms with van der Waals surface area (Å²) in [6, 6.07) is 10.4. The van der Waals surface area contributed by atoms with Gasteiger partial charge < -0.3 is 11.1 Å². The predicted molar refractivity (Wildman–Crippen MR) is 136 cm³/mol. The largest absolute Gasteiger partial charge is 0.382 e. The molecule has 35 heavy (non-hydrogen) atoms. The number of nitrogen functional groups attached to an aromatic ring is 1. The first-order valence-corrected chi connectivity index (χ1v) is 13.0. The van der Waals surface area contributed by atoms with Gasteiger partial charge in [-0.3, -0.25) is 14.8 Å². The molecule has 0 aliphatic heterocycles. The van der Waals surface area contributed by atoms with Crippen molar-refractivity contribution < 1.29 is 13.2 Å². The van der Waals surface area contributed by atoms with Gasteiger partial charge >= 0.3 is 0 Å². The zero-order valence-corrected chi connectivity index (χ0v) is 21.0. The van der Waals surface area contributed by atoms with Crippen LogP contribution in [0.4, 0.5) is 5.82 Å². The molecule has 0 unspecified atom stereocenters. The van der Waals surface area contributed by atoms with Crippen LogP contribution in [-0.2, 0) is 22.8 Å². The van der Waals surface area contributed by atoms with Gasteiger partial charge in [-0.15, -0.1) is 0 Å². The number of benzene rings is 1. The Kier molecular flexibility index (Phi) is 6.73. The highest BCUT2D eigenvalue weighted by Crippen LogP contribution is 2.26. The van der Waals surface area contributed by atoms with Crippen LogP contribution >= 0.6 is 11.6 Å². The zero-order valence-electron chi connectivity index (χ0n) is 19.5. The summed E-state index contributed by atoms with van der Waals surface area (Å²) in [5.41, 5.74) is 10.4. The number of aromatic nitrogens is 3. The maximum Gasteiger partial charge on any atom is 0.251 e. The van der Waals surface area contributed by atoms with Gasteiger partial charge in [0.15, 0.2) is 9.84 Å². The number of hydrogen-bond donors (Lipinski definition) is 2. The third kappa shape index (κ3) is 5.58. The Labute approximate surface area is 208 Å². The van der Waals surface area contributed by atoms with Crippen molar-refractivity contribution in [3.63, 3.8) is 0 Å². The first-order chi connectivity index (χ1) is 16.5. The molecule has 3 N–H and O–H groups in total. The van der Waals surface area contributed by atoms with Crippen molar-refractivity contribution in [2.24, 2.45) is 0 Å². The number of carbonyl (C=O) groups is 1. The molecule has 0 saturated heterocycles. The summed E-state index contributed by atoms with van der Waals surface area (Å²) in [6.45, 7) is 3.94. The first kappa shape index (κ1) is 24.6. The van der Waals surface area contributed by atoms with Gasteiger partial charge in [-0.05, 0) is 66.9 Å². The van der Waals surface area contributed by atoms with E-state index >= 15 is 0 Å². The lowest BCUT2D eigenvalue weighted by Crippen LogP contribution is -2.23. The molecule has 4 aromatic rings. The Hall–Kier alpha value is -3.56. The van der Waals surface area contributed by atoms with Gasteiger partial charge in [0.2, 0.25) is 0 Å². The van der Waals surface area contributed by atoms with Crippen LogP contribution in [0.25, 0.3) is 10.9 Å². The second-order valence-corrected chi connectivity index (χ2v) is 10.8. The van der Waals surface area contributed by atoms with Gasteiger partial charge in [0.25, 0.3) is 5.91 Å². The van der Waals surface area contributed by atoms with E-state index in [0.29, 0.717) is 33.9 Å². The molecule has 180 valence electrons. The van der Waals surface area contributed by atoms with Gasteiger partial charge in [-0.1, -0.05) is 11.6 Å². The van der Waals surface area contributed by atoms with Crippen molar-refractivity contribution in [3.05, 3.63) is 87.5 Å². The van der Waals surface area contributed by atoms with E-state index in [2.05, 4.69) is 20.3 Å². The number of nitrogens with two attached hydrogens (primary N) is 1. The van der Waals surface area contributed by atoms with Crippen molar-refractivity contribution >= 4 is 44.1 Å². The van der Waals surface area contributed by atoms with E-state index in [9.17, 15) is 13.2 Å². The molecule has 0 aliphatic carbocycles. The minimum absolute atomic E-state index is 0.171. The molecule has 3 aromatic heterocycles. The standard InChI is InChI=1S/C25H24ClN5O3S/c1-14-6-18-7-16(9-22(35(3,33)34)23(18)29-12-14)8-20-10-17(4-5-28-20)25(32)30-13-19-11-21(26)24(27)31-15(19)2/h4-7,9-12H,8,13H2,1-3H3,(H2,27,31)(H,30,32). The third-order valence-corrected chi connectivity index (χ3v) is 6.96. The lowest BCUT2D eigenvalue weighted by molar-refractivity contribution is 0.0950. The fourth-order valence-corrected chi connectivity index (χ4v) is 4.85. The highest BCUT2D eigenvalue weighted by molar-refractivity contribution is 7.91. The fraction of sp³-hybridized carbons (Fsp3) is 0.200. The number of nitrogens with one attached hydrogen (secondary N) is 1. The third-order valence-electron chi connectivity index (χ3n) is 5.55. The number of nitrogens with zero attached hydrogens (tertiary/aromatic N) is 3. The fourth-order valence-electron chi connectivity index (χ4n) is 3.79. The van der Waals surface area contributed by atoms with Crippen LogP contribution in [0.3, 0.4) is 0 Å². The summed E-state index contributed by atoms with van der Waals surface area (Å²) in [6.07, 6.45) is 4.73. The number of anilines is 1. The van der Waals surface area contributed by atoms with Gasteiger partial charge in [0.1, 0.15) is 5.82 Å². The smallest absolute Gasteiger partial charge is 0.251 e. The Bertz CT molecular complexity index is 1570. The average Bonchev–Trinajstić information content (AvgIpc) is 2.79. The van der Waals surface area contributed by atoms with E-state index in [1.165, 1.54) is 6.26 Å². The molecule has 0 aliphatic rings. The van der Waals surface area contributed by atoms with Gasteiger partial charge in [-0.25, -0.2) is 13.4 Å². The van der Waals surface area contributed by atoms with E-state index in [0.717, 1.165) is 22.1 Å². The highest BCUT2D eigenvalue weighted by Gasteiger charge is 2.16. The molecule has 8 nitrogen and oxygen atoms in total. The lowest BCUT2D eigenvalue weighted by atomic mass is 10.0. The summed E-state index contributed by atoms with van der Waals surface area (Å²) in [4.78, 5) is 25.8. The lowest BCUT2D eigenvalue weighted by Gasteiger charge is -2.11. The number of halogens is 1. The predicted octanol–water partition coefficient (Wildman–Crippen LogP) is 3.80. The molecule has 0 bridgehead atoms. The quantitative estimate of drug-likeness (QED) is 0.404. The number of pyridine rings is 3. The summed E-state index contributed by atoms with van der Waals surface area (Å²) >= 11 is 6.05. The molecule has 10 heteroatoms. The Morgan fingerprint density at radius 2 is 1.89 bits per heavy atom. The maximum atomic E-state index is 12.8. The van der Waals surface area contributed by atoms with Crippen LogP contribution < -0.4 is 11.1 Å². The molecular formula is C25H24ClN5O3S. The number of aryl methyl sites for hydroxylation is 2. The van der Waals surface area contributed by atoms with E-state index in [1.807, 2.05) is 19.1 Å². The molecule has 0 atom stereocenters. The molecule has 0 radical (unpaired) electrons. The molecule has 3 heterocycles. The Morgan fingerprint density at radius 3 is 2.63 bits per heavy atom. The van der Waals surface area contributed by atoms with E-state index in [1.54, 1.807) is 43.6 Å². The zero-order chi connectivity index (χ0) is 25.3. The normalized spacial score (nSPS) is 11.5. The summed E-state index contributed by atoms with van der Waals surface area (Å²) in [5.74, 6) is -0.0344. The van der Waals surface area contributed by atoms with Crippen LogP contribution in [0.5, 0.6) is 0 Å². The molecular weight excluding hydrogens is 486 g/mol. The van der Waals surface area contributed by atoms with E-state index in [-0.39, 0.29) is 23.2 Å². The summed E-state index contributed by atoms with van der Waals surface area (Å²) in [5, 5.41) is 3.93. The maximum absolute atomic E-state index is 12.8. The molecule has 4 rings (SSSR count). The highest BCUT2D eigenvalue weighted by atomic mass is 35.5. The number of rotatable bonds is 6. The number of carbonyl (C=O) groups excluding carboxylic acids is 1. The van der Waals surface area contributed by atoms with Crippen molar-refractivity contribution in [2.45, 2.75) is 31.7 Å². The Morgan fingerprint density at radius 1 is 1.11 bits per heavy atom. The molecule has 1 amide bonds. The van der Waals surface area contributed by atoms with Gasteiger partial charge in [0.05, 0.1) is 15.4 Å². The molecule has 0 fully saturated rings. The van der Waals surface area contributed by atoms with Crippen molar-refractivity contribution in [3.8, 4) is 0 Å². The minimum Gasteiger partial charge on any atom is -0.382 e. The molecule has 0 spiro atoms. The van der Waals surface area contributed by atoms with Crippen LogP contribution in [0.1, 0.15) is 38.4 Å². The monoisotopic (exact) mass is 509 g/mol. The van der Waals surface area contributed by atoms with Crippen LogP contribution in [0, 0.1) is 13.8 Å². The van der Waals surface area contributed by atoms with E-state index < -0.39 is 9.84 Å². The molecule has 1 aromatic carbocycles. The SMILES string of the molecule is Cc1cnc2c(S(C)(=O)=O)cc(Cc3cc(C(=O)NCc4cc(Cl)c(N)nc4C)ccn3)cc2c1. The number of hydrogen-bond acceptors (Lipinski definition) is 7. The van der Waals surface area contributed by atoms with Gasteiger partial charge in [-0.2, -0.15) is 0 Å². The molecule has 0 saturated carbocycles. The van der Waals surface area contributed by atoms with Crippen molar-refractivity contribution in [2.75, 3.05) is 12.0 Å². The number of sulfone groups is 1. The van der Waals surface area contributed by atoms with Crippen molar-refractivity contribution in [1.82, 2.24) is 20.3 Å². The summed E-state index contributed by atoms with van der Waals surface area (Å²) < 4.78 is 24.8. The van der Waals surface area contributed by atoms with Crippen LogP contribution in [-0.4, -0.2) is 35.5 Å². The first-order valence-electron chi connectivity index (χ1n) is 10.7. The number of fused-ring (bicyclic) bond motifs is 1. The second-order valence-electron chi connectivity index (χ2n) is 8.45. The van der Waals surface area contributed by atoms with Gasteiger partial charge in [0, 0.05) is 54.0 Å². The van der Waals surface area contributed by atoms with E-state index in [4.69, 9.17) is 17.3 Å². The Balaban J connectivity index is 1.58. The topological polar surface area (TPSA) is 128 Å². The van der Waals surface area contributed by atoms with Crippen LogP contribution in [0.15, 0.2) is 53.7 Å². The van der Waals surface area contributed by atoms with Crippen LogP contribution in [0.2, 0.25) is 5.02 Å². The number of amides is 1. The second kappa shape index (κ2) is 9.59. The van der Waals surface area contributed by atoms with Crippen molar-refractivity contribution in [1.29, 1.82) is 0 Å². The summed E-state index contributed by atoms with van der Waals surface area (Å²) in [7, 11) is -3.49. The average molecular weight is 510 g/mol.